The van der Waals surface area contributed by atoms with Crippen molar-refractivity contribution in [1.29, 1.82) is 0 Å². The Balaban J connectivity index is 1.80. The highest BCUT2D eigenvalue weighted by atomic mass is 79.9. The van der Waals surface area contributed by atoms with Gasteiger partial charge in [-0.3, -0.25) is 4.79 Å². The SMILES string of the molecule is CCOc1cc(/C=N\NC(=O)c2cccc3ccccc23)cc(Br)c1OC. The van der Waals surface area contributed by atoms with Gasteiger partial charge in [-0.2, -0.15) is 5.10 Å². The summed E-state index contributed by atoms with van der Waals surface area (Å²) in [6.45, 7) is 2.42. The van der Waals surface area contributed by atoms with Crippen molar-refractivity contribution < 1.29 is 14.3 Å². The molecule has 3 aromatic rings. The summed E-state index contributed by atoms with van der Waals surface area (Å²) in [5.41, 5.74) is 3.93. The van der Waals surface area contributed by atoms with Crippen LogP contribution in [-0.2, 0) is 0 Å². The third kappa shape index (κ3) is 4.28. The molecule has 0 aliphatic heterocycles. The Morgan fingerprint density at radius 3 is 2.74 bits per heavy atom. The molecule has 0 aliphatic rings. The zero-order chi connectivity index (χ0) is 19.2. The molecular weight excluding hydrogens is 408 g/mol. The van der Waals surface area contributed by atoms with Gasteiger partial charge < -0.3 is 9.47 Å². The highest BCUT2D eigenvalue weighted by Gasteiger charge is 2.11. The van der Waals surface area contributed by atoms with Crippen molar-refractivity contribution in [1.82, 2.24) is 5.43 Å². The molecule has 5 nitrogen and oxygen atoms in total. The summed E-state index contributed by atoms with van der Waals surface area (Å²) in [6, 6.07) is 17.0. The molecule has 0 unspecified atom stereocenters. The number of benzene rings is 3. The maximum absolute atomic E-state index is 12.5. The van der Waals surface area contributed by atoms with Crippen LogP contribution < -0.4 is 14.9 Å². The number of rotatable bonds is 6. The predicted octanol–water partition coefficient (Wildman–Crippen LogP) is 4.77. The van der Waals surface area contributed by atoms with E-state index in [-0.39, 0.29) is 5.91 Å². The minimum Gasteiger partial charge on any atom is -0.492 e. The third-order valence-corrected chi connectivity index (χ3v) is 4.54. The standard InChI is InChI=1S/C21H19BrN2O3/c1-3-27-19-12-14(11-18(22)20(19)26-2)13-23-24-21(25)17-10-6-8-15-7-4-5-9-16(15)17/h4-13H,3H2,1-2H3,(H,24,25)/b23-13-. The summed E-state index contributed by atoms with van der Waals surface area (Å²) in [4.78, 5) is 12.5. The molecule has 0 aromatic heterocycles. The van der Waals surface area contributed by atoms with Crippen LogP contribution in [0, 0.1) is 0 Å². The highest BCUT2D eigenvalue weighted by Crippen LogP contribution is 2.36. The molecule has 0 spiro atoms. The third-order valence-electron chi connectivity index (χ3n) is 3.95. The van der Waals surface area contributed by atoms with Gasteiger partial charge in [-0.25, -0.2) is 5.43 Å². The molecule has 3 aromatic carbocycles. The van der Waals surface area contributed by atoms with Crippen LogP contribution in [-0.4, -0.2) is 25.8 Å². The van der Waals surface area contributed by atoms with Crippen molar-refractivity contribution in [3.8, 4) is 11.5 Å². The molecule has 0 aliphatic carbocycles. The predicted molar refractivity (Wildman–Crippen MR) is 111 cm³/mol. The molecule has 0 atom stereocenters. The second-order valence-corrected chi connectivity index (χ2v) is 6.55. The first-order valence-corrected chi connectivity index (χ1v) is 9.24. The van der Waals surface area contributed by atoms with Gasteiger partial charge in [-0.05, 0) is 57.4 Å². The molecule has 138 valence electrons. The lowest BCUT2D eigenvalue weighted by Crippen LogP contribution is -2.17. The van der Waals surface area contributed by atoms with Gasteiger partial charge in [0.25, 0.3) is 5.91 Å². The van der Waals surface area contributed by atoms with E-state index in [1.165, 1.54) is 0 Å². The van der Waals surface area contributed by atoms with E-state index >= 15 is 0 Å². The van der Waals surface area contributed by atoms with Crippen molar-refractivity contribution in [3.63, 3.8) is 0 Å². The van der Waals surface area contributed by atoms with Crippen molar-refractivity contribution in [2.75, 3.05) is 13.7 Å². The smallest absolute Gasteiger partial charge is 0.271 e. The molecule has 0 bridgehead atoms. The van der Waals surface area contributed by atoms with Crippen LogP contribution in [0.4, 0.5) is 0 Å². The topological polar surface area (TPSA) is 59.9 Å². The van der Waals surface area contributed by atoms with Crippen molar-refractivity contribution in [2.45, 2.75) is 6.92 Å². The number of methoxy groups -OCH3 is 1. The molecule has 0 heterocycles. The van der Waals surface area contributed by atoms with Gasteiger partial charge in [-0.1, -0.05) is 36.4 Å². The van der Waals surface area contributed by atoms with Gasteiger partial charge in [-0.15, -0.1) is 0 Å². The van der Waals surface area contributed by atoms with Crippen molar-refractivity contribution in [2.24, 2.45) is 5.10 Å². The van der Waals surface area contributed by atoms with E-state index in [2.05, 4.69) is 26.5 Å². The Labute approximate surface area is 166 Å². The van der Waals surface area contributed by atoms with Crippen LogP contribution in [0.1, 0.15) is 22.8 Å². The first-order chi connectivity index (χ1) is 13.1. The fourth-order valence-corrected chi connectivity index (χ4v) is 3.39. The Hall–Kier alpha value is -2.86. The number of amides is 1. The second kappa shape index (κ2) is 8.68. The van der Waals surface area contributed by atoms with Gasteiger partial charge in [0.05, 0.1) is 24.4 Å². The lowest BCUT2D eigenvalue weighted by Gasteiger charge is -2.11. The second-order valence-electron chi connectivity index (χ2n) is 5.69. The van der Waals surface area contributed by atoms with Gasteiger partial charge in [0, 0.05) is 5.56 Å². The van der Waals surface area contributed by atoms with Crippen LogP contribution in [0.5, 0.6) is 11.5 Å². The number of nitrogens with zero attached hydrogens (tertiary/aromatic N) is 1. The summed E-state index contributed by atoms with van der Waals surface area (Å²) in [5.74, 6) is 0.964. The van der Waals surface area contributed by atoms with Crippen LogP contribution in [0.15, 0.2) is 64.2 Å². The molecule has 0 saturated carbocycles. The number of carbonyl (C=O) groups excluding carboxylic acids is 1. The number of halogens is 1. The number of nitrogens with one attached hydrogen (secondary N) is 1. The summed E-state index contributed by atoms with van der Waals surface area (Å²) < 4.78 is 11.7. The first-order valence-electron chi connectivity index (χ1n) is 8.45. The number of hydrogen-bond acceptors (Lipinski definition) is 4. The summed E-state index contributed by atoms with van der Waals surface area (Å²) in [7, 11) is 1.58. The number of fused-ring (bicyclic) bond motifs is 1. The van der Waals surface area contributed by atoms with E-state index in [9.17, 15) is 4.79 Å². The van der Waals surface area contributed by atoms with E-state index in [0.29, 0.717) is 23.7 Å². The fraction of sp³-hybridized carbons (Fsp3) is 0.143. The minimum atomic E-state index is -0.263. The van der Waals surface area contributed by atoms with Gasteiger partial charge in [0.15, 0.2) is 11.5 Å². The Morgan fingerprint density at radius 2 is 1.96 bits per heavy atom. The maximum Gasteiger partial charge on any atom is 0.271 e. The minimum absolute atomic E-state index is 0.263. The largest absolute Gasteiger partial charge is 0.492 e. The average Bonchev–Trinajstić information content (AvgIpc) is 2.67. The molecule has 27 heavy (non-hydrogen) atoms. The van der Waals surface area contributed by atoms with Crippen LogP contribution in [0.2, 0.25) is 0 Å². The number of carbonyl (C=O) groups is 1. The molecule has 6 heteroatoms. The molecular formula is C21H19BrN2O3. The Kier molecular flexibility index (Phi) is 6.08. The lowest BCUT2D eigenvalue weighted by molar-refractivity contribution is 0.0957. The number of hydrogen-bond donors (Lipinski definition) is 1. The van der Waals surface area contributed by atoms with Crippen LogP contribution in [0.25, 0.3) is 10.8 Å². The highest BCUT2D eigenvalue weighted by molar-refractivity contribution is 9.10. The summed E-state index contributed by atoms with van der Waals surface area (Å²) in [6.07, 6.45) is 1.57. The molecule has 0 radical (unpaired) electrons. The van der Waals surface area contributed by atoms with Crippen LogP contribution >= 0.6 is 15.9 Å². The maximum atomic E-state index is 12.5. The van der Waals surface area contributed by atoms with Gasteiger partial charge in [0.1, 0.15) is 0 Å². The Bertz CT molecular complexity index is 997. The normalized spacial score (nSPS) is 10.9. The van der Waals surface area contributed by atoms with Crippen molar-refractivity contribution >= 4 is 38.8 Å². The van der Waals surface area contributed by atoms with E-state index < -0.39 is 0 Å². The van der Waals surface area contributed by atoms with E-state index in [1.54, 1.807) is 25.5 Å². The first kappa shape index (κ1) is 18.9. The van der Waals surface area contributed by atoms with Crippen molar-refractivity contribution in [3.05, 3.63) is 70.2 Å². The molecule has 0 fully saturated rings. The van der Waals surface area contributed by atoms with E-state index in [4.69, 9.17) is 9.47 Å². The number of hydrazone groups is 1. The molecule has 0 saturated heterocycles. The van der Waals surface area contributed by atoms with E-state index in [1.807, 2.05) is 49.4 Å². The fourth-order valence-electron chi connectivity index (χ4n) is 2.77. The van der Waals surface area contributed by atoms with Crippen LogP contribution in [0.3, 0.4) is 0 Å². The average molecular weight is 427 g/mol. The van der Waals surface area contributed by atoms with Gasteiger partial charge >= 0.3 is 0 Å². The molecule has 3 rings (SSSR count). The van der Waals surface area contributed by atoms with E-state index in [0.717, 1.165) is 20.8 Å². The summed E-state index contributed by atoms with van der Waals surface area (Å²) in [5, 5.41) is 5.98. The quantitative estimate of drug-likeness (QED) is 0.455. The monoisotopic (exact) mass is 426 g/mol. The zero-order valence-corrected chi connectivity index (χ0v) is 16.6. The number of ether oxygens (including phenoxy) is 2. The van der Waals surface area contributed by atoms with Gasteiger partial charge in [0.2, 0.25) is 0 Å². The molecule has 1 amide bonds. The Morgan fingerprint density at radius 1 is 1.19 bits per heavy atom. The molecule has 1 N–H and O–H groups in total. The summed E-state index contributed by atoms with van der Waals surface area (Å²) >= 11 is 3.46. The zero-order valence-electron chi connectivity index (χ0n) is 15.0. The lowest BCUT2D eigenvalue weighted by atomic mass is 10.0.